The Morgan fingerprint density at radius 1 is 1.07 bits per heavy atom. The standard InChI is InChI=1S/C22H28FN3O2/c1-18(22(27)24-17-19-7-5-6-10-21(19)23)26-13-11-25(12-14-26)15-16-28-20-8-3-2-4-9-20/h2-10,18H,11-17H2,1H3,(H,24,27). The second-order valence-corrected chi connectivity index (χ2v) is 7.02. The van der Waals surface area contributed by atoms with E-state index >= 15 is 0 Å². The van der Waals surface area contributed by atoms with Crippen LogP contribution in [0.5, 0.6) is 5.75 Å². The molecular weight excluding hydrogens is 357 g/mol. The van der Waals surface area contributed by atoms with Gasteiger partial charge in [0.2, 0.25) is 5.91 Å². The second-order valence-electron chi connectivity index (χ2n) is 7.02. The predicted octanol–water partition coefficient (Wildman–Crippen LogP) is 2.53. The zero-order valence-corrected chi connectivity index (χ0v) is 16.3. The molecule has 5 nitrogen and oxygen atoms in total. The van der Waals surface area contributed by atoms with Gasteiger partial charge >= 0.3 is 0 Å². The molecule has 1 saturated heterocycles. The lowest BCUT2D eigenvalue weighted by atomic mass is 10.2. The number of rotatable bonds is 8. The van der Waals surface area contributed by atoms with Crippen LogP contribution in [0.1, 0.15) is 12.5 Å². The van der Waals surface area contributed by atoms with E-state index in [0.717, 1.165) is 38.5 Å². The van der Waals surface area contributed by atoms with Gasteiger partial charge in [0, 0.05) is 44.8 Å². The predicted molar refractivity (Wildman–Crippen MR) is 108 cm³/mol. The molecule has 1 aliphatic heterocycles. The highest BCUT2D eigenvalue weighted by atomic mass is 19.1. The van der Waals surface area contributed by atoms with Crippen molar-refractivity contribution in [1.29, 1.82) is 0 Å². The quantitative estimate of drug-likeness (QED) is 0.759. The van der Waals surface area contributed by atoms with Crippen LogP contribution in [0, 0.1) is 5.82 Å². The van der Waals surface area contributed by atoms with Crippen LogP contribution in [0.4, 0.5) is 4.39 Å². The molecule has 0 bridgehead atoms. The van der Waals surface area contributed by atoms with Crippen molar-refractivity contribution in [1.82, 2.24) is 15.1 Å². The van der Waals surface area contributed by atoms with E-state index in [0.29, 0.717) is 12.2 Å². The number of piperazine rings is 1. The van der Waals surface area contributed by atoms with Crippen LogP contribution in [0.15, 0.2) is 54.6 Å². The van der Waals surface area contributed by atoms with E-state index in [1.807, 2.05) is 37.3 Å². The normalized spacial score (nSPS) is 16.5. The SMILES string of the molecule is CC(C(=O)NCc1ccccc1F)N1CCN(CCOc2ccccc2)CC1. The number of benzene rings is 2. The molecule has 1 atom stereocenters. The highest BCUT2D eigenvalue weighted by Gasteiger charge is 2.25. The first kappa shape index (κ1) is 20.3. The van der Waals surface area contributed by atoms with E-state index in [9.17, 15) is 9.18 Å². The van der Waals surface area contributed by atoms with Crippen molar-refractivity contribution >= 4 is 5.91 Å². The number of carbonyl (C=O) groups excluding carboxylic acids is 1. The van der Waals surface area contributed by atoms with Gasteiger partial charge in [-0.05, 0) is 25.1 Å². The van der Waals surface area contributed by atoms with Gasteiger partial charge in [-0.15, -0.1) is 0 Å². The Hall–Kier alpha value is -2.44. The highest BCUT2D eigenvalue weighted by molar-refractivity contribution is 5.81. The largest absolute Gasteiger partial charge is 0.492 e. The molecule has 3 rings (SSSR count). The zero-order valence-electron chi connectivity index (χ0n) is 16.3. The van der Waals surface area contributed by atoms with Crippen LogP contribution in [-0.4, -0.2) is 61.1 Å². The van der Waals surface area contributed by atoms with Crippen molar-refractivity contribution in [3.8, 4) is 5.75 Å². The first-order chi connectivity index (χ1) is 13.6. The number of nitrogens with one attached hydrogen (secondary N) is 1. The molecule has 1 amide bonds. The molecule has 1 unspecified atom stereocenters. The molecule has 0 saturated carbocycles. The number of nitrogens with zero attached hydrogens (tertiary/aromatic N) is 2. The number of amides is 1. The lowest BCUT2D eigenvalue weighted by Crippen LogP contribution is -2.54. The molecule has 0 aromatic heterocycles. The molecule has 2 aromatic carbocycles. The van der Waals surface area contributed by atoms with Crippen LogP contribution in [-0.2, 0) is 11.3 Å². The number of hydrogen-bond acceptors (Lipinski definition) is 4. The Morgan fingerprint density at radius 3 is 2.46 bits per heavy atom. The summed E-state index contributed by atoms with van der Waals surface area (Å²) in [6.45, 7) is 7.13. The third-order valence-electron chi connectivity index (χ3n) is 5.16. The molecule has 1 aliphatic rings. The maximum atomic E-state index is 13.7. The van der Waals surface area contributed by atoms with Crippen molar-refractivity contribution in [2.45, 2.75) is 19.5 Å². The minimum atomic E-state index is -0.290. The lowest BCUT2D eigenvalue weighted by Gasteiger charge is -2.37. The van der Waals surface area contributed by atoms with Crippen LogP contribution in [0.25, 0.3) is 0 Å². The van der Waals surface area contributed by atoms with Crippen LogP contribution >= 0.6 is 0 Å². The van der Waals surface area contributed by atoms with Crippen LogP contribution in [0.2, 0.25) is 0 Å². The maximum absolute atomic E-state index is 13.7. The van der Waals surface area contributed by atoms with Crippen molar-refractivity contribution in [2.75, 3.05) is 39.3 Å². The van der Waals surface area contributed by atoms with Crippen LogP contribution in [0.3, 0.4) is 0 Å². The van der Waals surface area contributed by atoms with Gasteiger partial charge in [0.15, 0.2) is 0 Å². The maximum Gasteiger partial charge on any atom is 0.237 e. The summed E-state index contributed by atoms with van der Waals surface area (Å²) in [7, 11) is 0. The summed E-state index contributed by atoms with van der Waals surface area (Å²) in [4.78, 5) is 17.0. The third-order valence-corrected chi connectivity index (χ3v) is 5.16. The van der Waals surface area contributed by atoms with Gasteiger partial charge in [0.1, 0.15) is 18.2 Å². The fourth-order valence-corrected chi connectivity index (χ4v) is 3.32. The number of halogens is 1. The molecule has 2 aromatic rings. The molecule has 1 fully saturated rings. The fourth-order valence-electron chi connectivity index (χ4n) is 3.32. The summed E-state index contributed by atoms with van der Waals surface area (Å²) in [5.41, 5.74) is 0.506. The van der Waals surface area contributed by atoms with E-state index in [1.54, 1.807) is 18.2 Å². The molecule has 150 valence electrons. The zero-order chi connectivity index (χ0) is 19.8. The van der Waals surface area contributed by atoms with Gasteiger partial charge in [-0.25, -0.2) is 4.39 Å². The third kappa shape index (κ3) is 5.78. The number of hydrogen-bond donors (Lipinski definition) is 1. The first-order valence-corrected chi connectivity index (χ1v) is 9.79. The second kappa shape index (κ2) is 10.2. The first-order valence-electron chi connectivity index (χ1n) is 9.79. The average molecular weight is 385 g/mol. The lowest BCUT2D eigenvalue weighted by molar-refractivity contribution is -0.126. The van der Waals surface area contributed by atoms with Crippen molar-refractivity contribution in [3.05, 3.63) is 66.0 Å². The summed E-state index contributed by atoms with van der Waals surface area (Å²) in [5.74, 6) is 0.534. The Balaban J connectivity index is 1.36. The Bertz CT molecular complexity index is 748. The van der Waals surface area contributed by atoms with E-state index < -0.39 is 0 Å². The number of carbonyl (C=O) groups is 1. The van der Waals surface area contributed by atoms with E-state index in [-0.39, 0.29) is 24.3 Å². The van der Waals surface area contributed by atoms with Gasteiger partial charge in [-0.1, -0.05) is 36.4 Å². The smallest absolute Gasteiger partial charge is 0.237 e. The Labute approximate surface area is 166 Å². The monoisotopic (exact) mass is 385 g/mol. The number of ether oxygens (including phenoxy) is 1. The fraction of sp³-hybridized carbons (Fsp3) is 0.409. The van der Waals surface area contributed by atoms with E-state index in [4.69, 9.17) is 4.74 Å². The highest BCUT2D eigenvalue weighted by Crippen LogP contribution is 2.10. The van der Waals surface area contributed by atoms with Crippen molar-refractivity contribution in [3.63, 3.8) is 0 Å². The van der Waals surface area contributed by atoms with E-state index in [1.165, 1.54) is 6.07 Å². The summed E-state index contributed by atoms with van der Waals surface area (Å²) < 4.78 is 19.4. The molecular formula is C22H28FN3O2. The van der Waals surface area contributed by atoms with Crippen LogP contribution < -0.4 is 10.1 Å². The van der Waals surface area contributed by atoms with Gasteiger partial charge in [-0.3, -0.25) is 14.6 Å². The van der Waals surface area contributed by atoms with Gasteiger partial charge < -0.3 is 10.1 Å². The van der Waals surface area contributed by atoms with Gasteiger partial charge in [0.05, 0.1) is 6.04 Å². The summed E-state index contributed by atoms with van der Waals surface area (Å²) in [5, 5.41) is 2.85. The molecule has 1 N–H and O–H groups in total. The Morgan fingerprint density at radius 2 is 1.75 bits per heavy atom. The molecule has 1 heterocycles. The van der Waals surface area contributed by atoms with Crippen molar-refractivity contribution in [2.24, 2.45) is 0 Å². The molecule has 0 radical (unpaired) electrons. The topological polar surface area (TPSA) is 44.8 Å². The summed E-state index contributed by atoms with van der Waals surface area (Å²) in [6.07, 6.45) is 0. The number of para-hydroxylation sites is 1. The minimum Gasteiger partial charge on any atom is -0.492 e. The minimum absolute atomic E-state index is 0.0656. The molecule has 0 aliphatic carbocycles. The van der Waals surface area contributed by atoms with Gasteiger partial charge in [-0.2, -0.15) is 0 Å². The Kier molecular flexibility index (Phi) is 7.39. The molecule has 28 heavy (non-hydrogen) atoms. The van der Waals surface area contributed by atoms with Gasteiger partial charge in [0.25, 0.3) is 0 Å². The summed E-state index contributed by atoms with van der Waals surface area (Å²) >= 11 is 0. The van der Waals surface area contributed by atoms with E-state index in [2.05, 4.69) is 15.1 Å². The summed E-state index contributed by atoms with van der Waals surface area (Å²) in [6, 6.07) is 16.1. The molecule has 0 spiro atoms. The average Bonchev–Trinajstić information content (AvgIpc) is 2.74. The van der Waals surface area contributed by atoms with Crippen molar-refractivity contribution < 1.29 is 13.9 Å². The molecule has 6 heteroatoms.